The maximum atomic E-state index is 13.6. The van der Waals surface area contributed by atoms with Crippen molar-refractivity contribution in [1.29, 1.82) is 0 Å². The van der Waals surface area contributed by atoms with Crippen LogP contribution in [0.2, 0.25) is 0 Å². The van der Waals surface area contributed by atoms with Crippen molar-refractivity contribution >= 4 is 5.97 Å². The number of esters is 1. The van der Waals surface area contributed by atoms with Gasteiger partial charge < -0.3 is 9.47 Å². The molecule has 180 valence electrons. The summed E-state index contributed by atoms with van der Waals surface area (Å²) in [5.74, 6) is -0.846. The van der Waals surface area contributed by atoms with Crippen molar-refractivity contribution in [2.45, 2.75) is 96.3 Å². The summed E-state index contributed by atoms with van der Waals surface area (Å²) in [5.41, 5.74) is -0.685. The van der Waals surface area contributed by atoms with Gasteiger partial charge in [0.1, 0.15) is 11.5 Å². The van der Waals surface area contributed by atoms with Crippen LogP contribution in [0.1, 0.15) is 84.0 Å². The molecule has 0 atom stereocenters. The Morgan fingerprint density at radius 3 is 1.84 bits per heavy atom. The summed E-state index contributed by atoms with van der Waals surface area (Å²) in [5, 5.41) is 0. The average molecular weight is 462 g/mol. The number of ether oxygens (including phenoxy) is 2. The average Bonchev–Trinajstić information content (AvgIpc) is 2.75. The fourth-order valence-electron chi connectivity index (χ4n) is 5.77. The Balaban J connectivity index is 1.80. The van der Waals surface area contributed by atoms with E-state index in [2.05, 4.69) is 11.7 Å². The van der Waals surface area contributed by atoms with Crippen molar-refractivity contribution in [3.63, 3.8) is 0 Å². The Labute approximate surface area is 185 Å². The van der Waals surface area contributed by atoms with Gasteiger partial charge in [-0.25, -0.2) is 0 Å². The van der Waals surface area contributed by atoms with Crippen molar-refractivity contribution in [3.05, 3.63) is 24.3 Å². The molecule has 0 aromatic heterocycles. The van der Waals surface area contributed by atoms with Crippen molar-refractivity contribution in [2.24, 2.45) is 10.8 Å². The van der Waals surface area contributed by atoms with Gasteiger partial charge in [-0.3, -0.25) is 4.79 Å². The highest BCUT2D eigenvalue weighted by atomic mass is 19.4. The number of rotatable bonds is 7. The van der Waals surface area contributed by atoms with Crippen molar-refractivity contribution < 1.29 is 36.2 Å². The van der Waals surface area contributed by atoms with Crippen LogP contribution in [0.25, 0.3) is 0 Å². The van der Waals surface area contributed by atoms with E-state index in [9.17, 15) is 26.7 Å². The van der Waals surface area contributed by atoms with E-state index in [1.807, 2.05) is 0 Å². The van der Waals surface area contributed by atoms with Crippen LogP contribution in [-0.4, -0.2) is 18.3 Å². The second kappa shape index (κ2) is 9.56. The standard InChI is InChI=1S/C24H31F5O3/c1-2-13-21(14-5-3-6-15-21)22(16-7-4-8-17-22)20(30)31-18-9-11-19(12-10-18)32-24(28,29)23(25,26)27/h9-12H,2-8,13-17H2,1H3. The quantitative estimate of drug-likeness (QED) is 0.235. The molecule has 2 aliphatic carbocycles. The highest BCUT2D eigenvalue weighted by Gasteiger charge is 2.61. The van der Waals surface area contributed by atoms with Crippen LogP contribution >= 0.6 is 0 Å². The monoisotopic (exact) mass is 462 g/mol. The fraction of sp³-hybridized carbons (Fsp3) is 0.708. The predicted molar refractivity (Wildman–Crippen MR) is 110 cm³/mol. The summed E-state index contributed by atoms with van der Waals surface area (Å²) in [6.07, 6.45) is 0.694. The number of carbonyl (C=O) groups excluding carboxylic acids is 1. The lowest BCUT2D eigenvalue weighted by atomic mass is 9.51. The maximum absolute atomic E-state index is 13.6. The Kier molecular flexibility index (Phi) is 7.40. The molecule has 1 aromatic carbocycles. The minimum Gasteiger partial charge on any atom is -0.426 e. The van der Waals surface area contributed by atoms with Gasteiger partial charge in [-0.15, -0.1) is 0 Å². The zero-order valence-electron chi connectivity index (χ0n) is 18.4. The molecule has 8 heteroatoms. The number of benzene rings is 1. The normalized spacial score (nSPS) is 21.1. The highest BCUT2D eigenvalue weighted by Crippen LogP contribution is 2.59. The Morgan fingerprint density at radius 1 is 0.844 bits per heavy atom. The molecule has 32 heavy (non-hydrogen) atoms. The molecule has 0 spiro atoms. The Morgan fingerprint density at radius 2 is 1.34 bits per heavy atom. The van der Waals surface area contributed by atoms with Crippen molar-refractivity contribution in [2.75, 3.05) is 0 Å². The lowest BCUT2D eigenvalue weighted by molar-refractivity contribution is -0.360. The first-order chi connectivity index (χ1) is 15.1. The summed E-state index contributed by atoms with van der Waals surface area (Å²) in [7, 11) is 0. The number of carbonyl (C=O) groups is 1. The van der Waals surface area contributed by atoms with Crippen LogP contribution in [0.5, 0.6) is 11.5 Å². The van der Waals surface area contributed by atoms with Gasteiger partial charge >= 0.3 is 18.3 Å². The zero-order chi connectivity index (χ0) is 23.5. The Bertz CT molecular complexity index is 755. The first kappa shape index (κ1) is 24.8. The molecule has 2 fully saturated rings. The third-order valence-corrected chi connectivity index (χ3v) is 7.26. The van der Waals surface area contributed by atoms with Crippen molar-refractivity contribution in [3.8, 4) is 11.5 Å². The molecular formula is C24H31F5O3. The largest absolute Gasteiger partial charge is 0.499 e. The molecule has 3 nitrogen and oxygen atoms in total. The van der Waals surface area contributed by atoms with Gasteiger partial charge in [-0.2, -0.15) is 22.0 Å². The van der Waals surface area contributed by atoms with Crippen LogP contribution < -0.4 is 9.47 Å². The SMILES string of the molecule is CCCC1(C2(C(=O)Oc3ccc(OC(F)(F)C(F)(F)F)cc3)CCCCC2)CCCCC1. The first-order valence-electron chi connectivity index (χ1n) is 11.5. The summed E-state index contributed by atoms with van der Waals surface area (Å²) < 4.78 is 72.8. The molecule has 3 rings (SSSR count). The van der Waals surface area contributed by atoms with Crippen LogP contribution in [0.15, 0.2) is 24.3 Å². The van der Waals surface area contributed by atoms with E-state index in [0.717, 1.165) is 82.8 Å². The maximum Gasteiger partial charge on any atom is 0.499 e. The molecule has 0 heterocycles. The molecule has 0 aliphatic heterocycles. The molecular weight excluding hydrogens is 431 g/mol. The predicted octanol–water partition coefficient (Wildman–Crippen LogP) is 7.83. The van der Waals surface area contributed by atoms with Gasteiger partial charge in [0, 0.05) is 0 Å². The lowest BCUT2D eigenvalue weighted by Crippen LogP contribution is -2.51. The molecule has 0 amide bonds. The van der Waals surface area contributed by atoms with Crippen LogP contribution in [-0.2, 0) is 4.79 Å². The van der Waals surface area contributed by atoms with Gasteiger partial charge in [0.2, 0.25) is 0 Å². The zero-order valence-corrected chi connectivity index (χ0v) is 18.4. The molecule has 0 bridgehead atoms. The number of alkyl halides is 5. The molecule has 0 unspecified atom stereocenters. The van der Waals surface area contributed by atoms with Gasteiger partial charge in [-0.05, 0) is 61.8 Å². The van der Waals surface area contributed by atoms with Crippen molar-refractivity contribution in [1.82, 2.24) is 0 Å². The molecule has 2 aliphatic rings. The first-order valence-corrected chi connectivity index (χ1v) is 11.5. The van der Waals surface area contributed by atoms with Crippen LogP contribution in [0, 0.1) is 10.8 Å². The topological polar surface area (TPSA) is 35.5 Å². The van der Waals surface area contributed by atoms with E-state index in [1.54, 1.807) is 0 Å². The Hall–Kier alpha value is -1.86. The minimum atomic E-state index is -5.82. The molecule has 1 aromatic rings. The van der Waals surface area contributed by atoms with Gasteiger partial charge in [0.25, 0.3) is 0 Å². The van der Waals surface area contributed by atoms with Crippen LogP contribution in [0.3, 0.4) is 0 Å². The summed E-state index contributed by atoms with van der Waals surface area (Å²) >= 11 is 0. The summed E-state index contributed by atoms with van der Waals surface area (Å²) in [4.78, 5) is 13.6. The number of halogens is 5. The smallest absolute Gasteiger partial charge is 0.426 e. The lowest BCUT2D eigenvalue weighted by Gasteiger charge is -2.53. The summed E-state index contributed by atoms with van der Waals surface area (Å²) in [6.45, 7) is 2.13. The third kappa shape index (κ3) is 4.88. The second-order valence-corrected chi connectivity index (χ2v) is 9.21. The highest BCUT2D eigenvalue weighted by molar-refractivity contribution is 5.80. The van der Waals surface area contributed by atoms with E-state index in [4.69, 9.17) is 4.74 Å². The van der Waals surface area contributed by atoms with E-state index < -0.39 is 23.4 Å². The number of hydrogen-bond acceptors (Lipinski definition) is 3. The van der Waals surface area contributed by atoms with Gasteiger partial charge in [-0.1, -0.05) is 51.9 Å². The molecule has 2 saturated carbocycles. The number of hydrogen-bond donors (Lipinski definition) is 0. The summed E-state index contributed by atoms with van der Waals surface area (Å²) in [6, 6.07) is 4.31. The molecule has 0 radical (unpaired) electrons. The molecule has 0 saturated heterocycles. The van der Waals surface area contributed by atoms with E-state index in [0.29, 0.717) is 0 Å². The van der Waals surface area contributed by atoms with E-state index in [-0.39, 0.29) is 17.1 Å². The third-order valence-electron chi connectivity index (χ3n) is 7.26. The van der Waals surface area contributed by atoms with E-state index >= 15 is 0 Å². The van der Waals surface area contributed by atoms with Crippen LogP contribution in [0.4, 0.5) is 22.0 Å². The fourth-order valence-corrected chi connectivity index (χ4v) is 5.77. The van der Waals surface area contributed by atoms with Gasteiger partial charge in [0.15, 0.2) is 0 Å². The minimum absolute atomic E-state index is 0.102. The van der Waals surface area contributed by atoms with Gasteiger partial charge in [0.05, 0.1) is 5.41 Å². The second-order valence-electron chi connectivity index (χ2n) is 9.21. The molecule has 0 N–H and O–H groups in total. The van der Waals surface area contributed by atoms with E-state index in [1.165, 1.54) is 18.6 Å².